The van der Waals surface area contributed by atoms with Crippen molar-refractivity contribution in [3.05, 3.63) is 65.0 Å². The van der Waals surface area contributed by atoms with Gasteiger partial charge in [0.05, 0.1) is 12.4 Å². The van der Waals surface area contributed by atoms with Gasteiger partial charge in [0, 0.05) is 71.7 Å². The molecule has 41 heavy (non-hydrogen) atoms. The Hall–Kier alpha value is -2.75. The molecule has 0 aliphatic carbocycles. The highest BCUT2D eigenvalue weighted by Crippen LogP contribution is 2.30. The lowest BCUT2D eigenvalue weighted by Gasteiger charge is -2.39. The van der Waals surface area contributed by atoms with Gasteiger partial charge in [-0.25, -0.2) is 0 Å². The minimum absolute atomic E-state index is 0. The maximum absolute atomic E-state index is 13.2. The van der Waals surface area contributed by atoms with Gasteiger partial charge in [-0.1, -0.05) is 17.7 Å². The van der Waals surface area contributed by atoms with Crippen LogP contribution in [0.5, 0.6) is 5.75 Å². The third kappa shape index (κ3) is 6.84. The minimum atomic E-state index is -0.137. The zero-order chi connectivity index (χ0) is 27.6. The van der Waals surface area contributed by atoms with Crippen LogP contribution in [0.3, 0.4) is 0 Å². The number of aromatic amines is 1. The van der Waals surface area contributed by atoms with E-state index < -0.39 is 0 Å². The van der Waals surface area contributed by atoms with E-state index in [1.165, 1.54) is 0 Å². The summed E-state index contributed by atoms with van der Waals surface area (Å²) in [7, 11) is 0. The van der Waals surface area contributed by atoms with E-state index in [0.717, 1.165) is 85.8 Å². The van der Waals surface area contributed by atoms with E-state index in [1.807, 2.05) is 36.4 Å². The van der Waals surface area contributed by atoms with E-state index in [0.29, 0.717) is 29.1 Å². The average Bonchev–Trinajstić information content (AvgIpc) is 3.58. The molecule has 1 amide bonds. The summed E-state index contributed by atoms with van der Waals surface area (Å²) < 4.78 is 11.8. The number of aliphatic hydroxyl groups excluding tert-OH is 1. The van der Waals surface area contributed by atoms with Gasteiger partial charge in [0.2, 0.25) is 0 Å². The molecule has 4 heterocycles. The molecule has 0 unspecified atom stereocenters. The number of H-pyrrole nitrogens is 1. The van der Waals surface area contributed by atoms with E-state index >= 15 is 0 Å². The summed E-state index contributed by atoms with van der Waals surface area (Å²) in [5.41, 5.74) is 3.08. The monoisotopic (exact) mass is 600 g/mol. The molecule has 0 saturated carbocycles. The molecular weight excluding hydrogens is 563 g/mol. The number of hydrogen-bond donors (Lipinski definition) is 3. The number of carbonyl (C=O) groups excluding carboxylic acids is 1. The first-order chi connectivity index (χ1) is 19.4. The number of aliphatic hydroxyl groups is 1. The minimum Gasteiger partial charge on any atom is -0.488 e. The highest BCUT2D eigenvalue weighted by molar-refractivity contribution is 6.31. The van der Waals surface area contributed by atoms with Gasteiger partial charge in [-0.15, -0.1) is 12.4 Å². The highest BCUT2D eigenvalue weighted by atomic mass is 35.5. The van der Waals surface area contributed by atoms with Crippen molar-refractivity contribution in [3.63, 3.8) is 0 Å². The Morgan fingerprint density at radius 2 is 1.90 bits per heavy atom. The van der Waals surface area contributed by atoms with Crippen LogP contribution < -0.4 is 10.1 Å². The van der Waals surface area contributed by atoms with Crippen LogP contribution in [0.25, 0.3) is 21.9 Å². The fourth-order valence-corrected chi connectivity index (χ4v) is 6.21. The van der Waals surface area contributed by atoms with Crippen molar-refractivity contribution in [1.29, 1.82) is 0 Å². The zero-order valence-electron chi connectivity index (χ0n) is 23.3. The molecular formula is C31H38Cl2N4O4. The number of fused-ring (bicyclic) bond motifs is 2. The average molecular weight is 602 g/mol. The summed E-state index contributed by atoms with van der Waals surface area (Å²) in [4.78, 5) is 21.4. The standard InChI is InChI=1S/C31H37ClN4O4.ClH/c1-20(36-13-9-24(37)10-14-36)17-35-11-7-23(8-12-35)33-31(38)28-16-26-27(34-28)3-2-4-29(26)39-18-21-19-40-30-6-5-22(32)15-25(21)30;/h2-6,15-16,19-20,23-24,34,37H,7-14,17-18H2,1H3,(H,33,38);1H/t20-;/m0./s1. The van der Waals surface area contributed by atoms with E-state index in [9.17, 15) is 9.90 Å². The Morgan fingerprint density at radius 1 is 1.12 bits per heavy atom. The molecule has 6 rings (SSSR count). The number of ether oxygens (including phenoxy) is 1. The first kappa shape index (κ1) is 29.7. The van der Waals surface area contributed by atoms with Gasteiger partial charge in [-0.2, -0.15) is 0 Å². The number of likely N-dealkylation sites (tertiary alicyclic amines) is 2. The number of furan rings is 1. The maximum atomic E-state index is 13.2. The van der Waals surface area contributed by atoms with Crippen LogP contribution >= 0.6 is 24.0 Å². The van der Waals surface area contributed by atoms with E-state index in [-0.39, 0.29) is 30.5 Å². The Kier molecular flexibility index (Phi) is 9.46. The largest absolute Gasteiger partial charge is 0.488 e. The molecule has 1 atom stereocenters. The van der Waals surface area contributed by atoms with Crippen molar-refractivity contribution in [2.75, 3.05) is 32.7 Å². The summed E-state index contributed by atoms with van der Waals surface area (Å²) in [6.45, 7) is 7.54. The Bertz CT molecular complexity index is 1470. The Labute approximate surface area is 251 Å². The fraction of sp³-hybridized carbons (Fsp3) is 0.452. The van der Waals surface area contributed by atoms with Gasteiger partial charge in [0.15, 0.2) is 0 Å². The Balaban J connectivity index is 0.00000337. The van der Waals surface area contributed by atoms with E-state index in [1.54, 1.807) is 12.3 Å². The Morgan fingerprint density at radius 3 is 2.68 bits per heavy atom. The second-order valence-electron chi connectivity index (χ2n) is 11.3. The highest BCUT2D eigenvalue weighted by Gasteiger charge is 2.26. The topological polar surface area (TPSA) is 94.0 Å². The molecule has 2 fully saturated rings. The summed E-state index contributed by atoms with van der Waals surface area (Å²) in [6.07, 6.45) is 5.18. The summed E-state index contributed by atoms with van der Waals surface area (Å²) in [5.74, 6) is 0.617. The predicted octanol–water partition coefficient (Wildman–Crippen LogP) is 5.61. The van der Waals surface area contributed by atoms with Gasteiger partial charge in [-0.05, 0) is 69.0 Å². The van der Waals surface area contributed by atoms with Gasteiger partial charge in [0.1, 0.15) is 23.6 Å². The fourth-order valence-electron chi connectivity index (χ4n) is 6.04. The second kappa shape index (κ2) is 13.0. The lowest BCUT2D eigenvalue weighted by Crippen LogP contribution is -2.50. The van der Waals surface area contributed by atoms with Crippen LogP contribution in [0.15, 0.2) is 53.1 Å². The molecule has 3 N–H and O–H groups in total. The smallest absolute Gasteiger partial charge is 0.267 e. The predicted molar refractivity (Wildman–Crippen MR) is 164 cm³/mol. The van der Waals surface area contributed by atoms with Crippen LogP contribution in [0, 0.1) is 0 Å². The zero-order valence-corrected chi connectivity index (χ0v) is 24.8. The number of nitrogens with zero attached hydrogens (tertiary/aromatic N) is 2. The third-order valence-corrected chi connectivity index (χ3v) is 8.67. The molecule has 2 aliphatic heterocycles. The van der Waals surface area contributed by atoms with Crippen molar-refractivity contribution in [2.24, 2.45) is 0 Å². The first-order valence-electron chi connectivity index (χ1n) is 14.3. The number of aromatic nitrogens is 1. The van der Waals surface area contributed by atoms with Crippen LogP contribution in [0.1, 0.15) is 48.7 Å². The molecule has 2 aromatic heterocycles. The molecule has 8 nitrogen and oxygen atoms in total. The van der Waals surface area contributed by atoms with Crippen molar-refractivity contribution in [3.8, 4) is 5.75 Å². The molecule has 0 bridgehead atoms. The molecule has 0 spiro atoms. The summed E-state index contributed by atoms with van der Waals surface area (Å²) >= 11 is 6.17. The van der Waals surface area contributed by atoms with Crippen LogP contribution in [0.4, 0.5) is 0 Å². The van der Waals surface area contributed by atoms with Crippen LogP contribution in [0.2, 0.25) is 5.02 Å². The van der Waals surface area contributed by atoms with Gasteiger partial charge < -0.3 is 29.5 Å². The van der Waals surface area contributed by atoms with Crippen LogP contribution in [-0.2, 0) is 6.61 Å². The van der Waals surface area contributed by atoms with E-state index in [4.69, 9.17) is 20.8 Å². The number of benzene rings is 2. The number of nitrogens with one attached hydrogen (secondary N) is 2. The molecule has 0 radical (unpaired) electrons. The summed E-state index contributed by atoms with van der Waals surface area (Å²) in [5, 5.41) is 15.5. The van der Waals surface area contributed by atoms with E-state index in [2.05, 4.69) is 27.0 Å². The molecule has 2 aliphatic rings. The molecule has 10 heteroatoms. The number of hydrogen-bond acceptors (Lipinski definition) is 6. The number of halogens is 2. The molecule has 2 aromatic carbocycles. The van der Waals surface area contributed by atoms with Crippen LogP contribution in [-0.4, -0.2) is 76.7 Å². The van der Waals surface area contributed by atoms with Crippen molar-refractivity contribution >= 4 is 51.8 Å². The van der Waals surface area contributed by atoms with Gasteiger partial charge >= 0.3 is 0 Å². The number of carbonyl (C=O) groups is 1. The molecule has 2 saturated heterocycles. The molecule has 220 valence electrons. The SMILES string of the molecule is C[C@@H](CN1CCC(NC(=O)c2cc3c(OCc4coc5ccc(Cl)cc45)cccc3[nH]2)CC1)N1CCC(O)CC1.Cl. The quantitative estimate of drug-likeness (QED) is 0.243. The first-order valence-corrected chi connectivity index (χ1v) is 14.7. The summed E-state index contributed by atoms with van der Waals surface area (Å²) in [6, 6.07) is 13.8. The lowest BCUT2D eigenvalue weighted by molar-refractivity contribution is 0.0497. The lowest BCUT2D eigenvalue weighted by atomic mass is 10.0. The maximum Gasteiger partial charge on any atom is 0.267 e. The number of piperidine rings is 2. The van der Waals surface area contributed by atoms with Crippen molar-refractivity contribution in [2.45, 2.75) is 57.4 Å². The van der Waals surface area contributed by atoms with Gasteiger partial charge in [0.25, 0.3) is 5.91 Å². The number of amides is 1. The third-order valence-electron chi connectivity index (χ3n) is 8.44. The second-order valence-corrected chi connectivity index (χ2v) is 11.7. The van der Waals surface area contributed by atoms with Gasteiger partial charge in [-0.3, -0.25) is 9.69 Å². The van der Waals surface area contributed by atoms with Crippen molar-refractivity contribution in [1.82, 2.24) is 20.1 Å². The number of rotatable bonds is 8. The molecule has 4 aromatic rings. The van der Waals surface area contributed by atoms with Crippen molar-refractivity contribution < 1.29 is 19.1 Å². The normalized spacial score (nSPS) is 18.4.